The zero-order valence-corrected chi connectivity index (χ0v) is 13.9. The third-order valence-corrected chi connectivity index (χ3v) is 3.49. The predicted octanol–water partition coefficient (Wildman–Crippen LogP) is 4.75. The van der Waals surface area contributed by atoms with Gasteiger partial charge in [0.05, 0.1) is 6.61 Å². The summed E-state index contributed by atoms with van der Waals surface area (Å²) in [5, 5.41) is 0. The van der Waals surface area contributed by atoms with Crippen LogP contribution in [0.3, 0.4) is 0 Å². The summed E-state index contributed by atoms with van der Waals surface area (Å²) in [5.74, 6) is -0.227. The first kappa shape index (κ1) is 18.0. The smallest absolute Gasteiger partial charge is 0.421 e. The van der Waals surface area contributed by atoms with Gasteiger partial charge < -0.3 is 9.64 Å². The van der Waals surface area contributed by atoms with E-state index >= 15 is 0 Å². The van der Waals surface area contributed by atoms with E-state index in [9.17, 15) is 13.2 Å². The molecule has 0 bridgehead atoms. The van der Waals surface area contributed by atoms with Crippen molar-refractivity contribution >= 4 is 11.5 Å². The van der Waals surface area contributed by atoms with Gasteiger partial charge in [-0.3, -0.25) is 0 Å². The van der Waals surface area contributed by atoms with Crippen molar-refractivity contribution in [2.45, 2.75) is 32.9 Å². The van der Waals surface area contributed by atoms with Crippen LogP contribution in [0.15, 0.2) is 30.5 Å². The third kappa shape index (κ3) is 4.37. The van der Waals surface area contributed by atoms with E-state index in [0.717, 1.165) is 24.6 Å². The van der Waals surface area contributed by atoms with Gasteiger partial charge in [-0.1, -0.05) is 25.5 Å². The van der Waals surface area contributed by atoms with Crippen molar-refractivity contribution < 1.29 is 17.9 Å². The van der Waals surface area contributed by atoms with Crippen LogP contribution in [-0.2, 0) is 6.18 Å². The van der Waals surface area contributed by atoms with Crippen LogP contribution in [0.25, 0.3) is 0 Å². The number of alkyl halides is 3. The molecule has 24 heavy (non-hydrogen) atoms. The number of halogens is 3. The van der Waals surface area contributed by atoms with Gasteiger partial charge in [0.2, 0.25) is 0 Å². The Morgan fingerprint density at radius 2 is 2.00 bits per heavy atom. The van der Waals surface area contributed by atoms with Gasteiger partial charge >= 0.3 is 12.2 Å². The maximum atomic E-state index is 13.3. The van der Waals surface area contributed by atoms with Crippen LogP contribution in [0.4, 0.5) is 24.7 Å². The molecular formula is C17H20F3N3O. The summed E-state index contributed by atoms with van der Waals surface area (Å²) in [7, 11) is 1.54. The maximum Gasteiger partial charge on any atom is 0.421 e. The van der Waals surface area contributed by atoms with Gasteiger partial charge in [-0.15, -0.1) is 0 Å². The molecule has 0 radical (unpaired) electrons. The fourth-order valence-electron chi connectivity index (χ4n) is 2.15. The van der Waals surface area contributed by atoms with Crippen molar-refractivity contribution in [1.29, 1.82) is 0 Å². The average Bonchev–Trinajstić information content (AvgIpc) is 2.53. The Hall–Kier alpha value is -2.31. The number of aromatic nitrogens is 2. The maximum absolute atomic E-state index is 13.3. The highest BCUT2D eigenvalue weighted by molar-refractivity contribution is 5.63. The van der Waals surface area contributed by atoms with Crippen LogP contribution in [0.2, 0.25) is 0 Å². The van der Waals surface area contributed by atoms with E-state index in [4.69, 9.17) is 4.74 Å². The Morgan fingerprint density at radius 3 is 2.62 bits per heavy atom. The fourth-order valence-corrected chi connectivity index (χ4v) is 2.15. The van der Waals surface area contributed by atoms with Gasteiger partial charge in [-0.2, -0.15) is 18.2 Å². The number of unbranched alkanes of at least 4 members (excludes halogenated alkanes) is 1. The van der Waals surface area contributed by atoms with Crippen molar-refractivity contribution in [2.75, 3.05) is 18.6 Å². The minimum Gasteiger partial charge on any atom is -0.463 e. The molecule has 0 N–H and O–H groups in total. The standard InChI is InChI=1S/C17H20F3N3O/c1-4-5-9-24-16-21-11-14(17(18,19)20)15(22-16)23(3)13-8-6-7-12(2)10-13/h6-8,10-11H,4-5,9H2,1-3H3. The number of rotatable bonds is 6. The minimum absolute atomic E-state index is 0.0500. The van der Waals surface area contributed by atoms with Crippen LogP contribution in [-0.4, -0.2) is 23.6 Å². The fraction of sp³-hybridized carbons (Fsp3) is 0.412. The molecule has 0 unspecified atom stereocenters. The van der Waals surface area contributed by atoms with E-state index in [0.29, 0.717) is 12.3 Å². The third-order valence-electron chi connectivity index (χ3n) is 3.49. The van der Waals surface area contributed by atoms with E-state index in [2.05, 4.69) is 9.97 Å². The summed E-state index contributed by atoms with van der Waals surface area (Å²) in [5.41, 5.74) is 0.662. The first-order valence-electron chi connectivity index (χ1n) is 7.70. The molecule has 0 saturated carbocycles. The van der Waals surface area contributed by atoms with Crippen LogP contribution in [0.5, 0.6) is 6.01 Å². The van der Waals surface area contributed by atoms with Crippen LogP contribution >= 0.6 is 0 Å². The first-order chi connectivity index (χ1) is 11.3. The minimum atomic E-state index is -4.55. The van der Waals surface area contributed by atoms with Gasteiger partial charge in [0, 0.05) is 18.9 Å². The molecule has 2 rings (SSSR count). The average molecular weight is 339 g/mol. The SMILES string of the molecule is CCCCOc1ncc(C(F)(F)F)c(N(C)c2cccc(C)c2)n1. The Morgan fingerprint density at radius 1 is 1.25 bits per heavy atom. The molecule has 4 nitrogen and oxygen atoms in total. The Kier molecular flexibility index (Phi) is 5.64. The van der Waals surface area contributed by atoms with Crippen molar-refractivity contribution in [1.82, 2.24) is 9.97 Å². The quantitative estimate of drug-likeness (QED) is 0.712. The number of ether oxygens (including phenoxy) is 1. The molecular weight excluding hydrogens is 319 g/mol. The molecule has 0 atom stereocenters. The number of benzene rings is 1. The van der Waals surface area contributed by atoms with E-state index in [-0.39, 0.29) is 11.8 Å². The molecule has 1 aromatic carbocycles. The number of hydrogen-bond donors (Lipinski definition) is 0. The van der Waals surface area contributed by atoms with Crippen LogP contribution in [0.1, 0.15) is 30.9 Å². The first-order valence-corrected chi connectivity index (χ1v) is 7.70. The lowest BCUT2D eigenvalue weighted by Crippen LogP contribution is -2.19. The molecule has 1 heterocycles. The van der Waals surface area contributed by atoms with Crippen molar-refractivity contribution in [3.63, 3.8) is 0 Å². The molecule has 0 saturated heterocycles. The second-order valence-electron chi connectivity index (χ2n) is 5.49. The summed E-state index contributed by atoms with van der Waals surface area (Å²) in [6.07, 6.45) is -2.07. The van der Waals surface area contributed by atoms with Crippen LogP contribution < -0.4 is 9.64 Å². The summed E-state index contributed by atoms with van der Waals surface area (Å²) < 4.78 is 45.2. The second-order valence-corrected chi connectivity index (χ2v) is 5.49. The Labute approximate surface area is 139 Å². The Balaban J connectivity index is 2.41. The van der Waals surface area contributed by atoms with E-state index < -0.39 is 11.7 Å². The van der Waals surface area contributed by atoms with Gasteiger partial charge in [0.1, 0.15) is 5.56 Å². The highest BCUT2D eigenvalue weighted by Gasteiger charge is 2.36. The number of nitrogens with zero attached hydrogens (tertiary/aromatic N) is 3. The number of hydrogen-bond acceptors (Lipinski definition) is 4. The van der Waals surface area contributed by atoms with Crippen molar-refractivity contribution in [3.05, 3.63) is 41.6 Å². The highest BCUT2D eigenvalue weighted by atomic mass is 19.4. The summed E-state index contributed by atoms with van der Waals surface area (Å²) in [4.78, 5) is 9.07. The summed E-state index contributed by atoms with van der Waals surface area (Å²) in [6, 6.07) is 7.13. The topological polar surface area (TPSA) is 38.2 Å². The zero-order valence-electron chi connectivity index (χ0n) is 13.9. The molecule has 1 aromatic heterocycles. The number of aryl methyl sites for hydroxylation is 1. The van der Waals surface area contributed by atoms with Crippen molar-refractivity contribution in [2.24, 2.45) is 0 Å². The highest BCUT2D eigenvalue weighted by Crippen LogP contribution is 2.37. The molecule has 130 valence electrons. The predicted molar refractivity (Wildman–Crippen MR) is 86.7 cm³/mol. The molecule has 0 amide bonds. The second kappa shape index (κ2) is 7.51. The van der Waals surface area contributed by atoms with Gasteiger partial charge in [-0.05, 0) is 31.0 Å². The lowest BCUT2D eigenvalue weighted by Gasteiger charge is -2.23. The van der Waals surface area contributed by atoms with Crippen LogP contribution in [0, 0.1) is 6.92 Å². The molecule has 0 aliphatic heterocycles. The Bertz CT molecular complexity index is 689. The molecule has 0 aliphatic rings. The number of anilines is 2. The largest absolute Gasteiger partial charge is 0.463 e. The molecule has 0 aliphatic carbocycles. The summed E-state index contributed by atoms with van der Waals surface area (Å²) in [6.45, 7) is 4.24. The van der Waals surface area contributed by atoms with Gasteiger partial charge in [0.15, 0.2) is 5.82 Å². The van der Waals surface area contributed by atoms with Gasteiger partial charge in [-0.25, -0.2) is 4.98 Å². The zero-order chi connectivity index (χ0) is 17.7. The molecule has 7 heteroatoms. The summed E-state index contributed by atoms with van der Waals surface area (Å²) >= 11 is 0. The molecule has 2 aromatic rings. The lowest BCUT2D eigenvalue weighted by molar-refractivity contribution is -0.137. The monoisotopic (exact) mass is 339 g/mol. The molecule has 0 fully saturated rings. The van der Waals surface area contributed by atoms with E-state index in [1.165, 1.54) is 4.90 Å². The van der Waals surface area contributed by atoms with E-state index in [1.807, 2.05) is 19.9 Å². The van der Waals surface area contributed by atoms with Crippen molar-refractivity contribution in [3.8, 4) is 6.01 Å². The van der Waals surface area contributed by atoms with E-state index in [1.54, 1.807) is 25.2 Å². The molecule has 0 spiro atoms. The van der Waals surface area contributed by atoms with Gasteiger partial charge in [0.25, 0.3) is 0 Å². The lowest BCUT2D eigenvalue weighted by atomic mass is 10.2. The normalized spacial score (nSPS) is 11.4.